The minimum absolute atomic E-state index is 0.0178. The fourth-order valence-corrected chi connectivity index (χ4v) is 3.27. The molecular weight excluding hydrogens is 340 g/mol. The van der Waals surface area contributed by atoms with Gasteiger partial charge in [0.1, 0.15) is 4.87 Å². The van der Waals surface area contributed by atoms with Gasteiger partial charge in [-0.1, -0.05) is 45.4 Å². The topological polar surface area (TPSA) is 63.6 Å². The predicted octanol–water partition coefficient (Wildman–Crippen LogP) is 5.18. The Morgan fingerprint density at radius 2 is 1.60 bits per heavy atom. The first-order valence-electron chi connectivity index (χ1n) is 9.80. The Hall–Kier alpha value is -0.610. The molecule has 0 rings (SSSR count). The van der Waals surface area contributed by atoms with Crippen molar-refractivity contribution in [2.45, 2.75) is 108 Å². The monoisotopic (exact) mass is 376 g/mol. The van der Waals surface area contributed by atoms with Gasteiger partial charge in [0.2, 0.25) is 0 Å². The Labute approximate surface area is 158 Å². The standard InChI is InChI=1S/C20H37ClO4/c1-4-5-8-12-18(23)13-11-16-20(21,17(2)22)15-10-7-6-9-14-19(24)25-3/h18,23H,4-16H2,1-3H3. The van der Waals surface area contributed by atoms with E-state index in [0.29, 0.717) is 25.7 Å². The second-order valence-electron chi connectivity index (χ2n) is 7.05. The molecule has 0 bridgehead atoms. The van der Waals surface area contributed by atoms with Gasteiger partial charge in [-0.3, -0.25) is 9.59 Å². The molecule has 148 valence electrons. The van der Waals surface area contributed by atoms with E-state index in [9.17, 15) is 14.7 Å². The molecule has 0 saturated carbocycles. The molecule has 0 aromatic carbocycles. The van der Waals surface area contributed by atoms with Crippen LogP contribution >= 0.6 is 11.6 Å². The largest absolute Gasteiger partial charge is 0.469 e. The number of alkyl halides is 1. The van der Waals surface area contributed by atoms with E-state index in [4.69, 9.17) is 11.6 Å². The Bertz CT molecular complexity index is 373. The number of methoxy groups -OCH3 is 1. The van der Waals surface area contributed by atoms with Crippen molar-refractivity contribution in [3.05, 3.63) is 0 Å². The SMILES string of the molecule is CCCCCC(O)CCCC(Cl)(CCCCCCC(=O)OC)C(C)=O. The lowest BCUT2D eigenvalue weighted by atomic mass is 9.90. The number of Topliss-reactive ketones (excluding diaryl/α,β-unsaturated/α-hetero) is 1. The second-order valence-corrected chi connectivity index (χ2v) is 7.78. The lowest BCUT2D eigenvalue weighted by molar-refractivity contribution is -0.140. The quantitative estimate of drug-likeness (QED) is 0.229. The predicted molar refractivity (Wildman–Crippen MR) is 103 cm³/mol. The molecule has 0 heterocycles. The molecule has 0 amide bonds. The molecule has 0 aromatic rings. The van der Waals surface area contributed by atoms with Gasteiger partial charge in [0.05, 0.1) is 13.2 Å². The Kier molecular flexibility index (Phi) is 14.2. The average Bonchev–Trinajstić information content (AvgIpc) is 2.57. The first kappa shape index (κ1) is 24.4. The number of unbranched alkanes of at least 4 members (excludes halogenated alkanes) is 5. The fourth-order valence-electron chi connectivity index (χ4n) is 3.00. The molecule has 4 nitrogen and oxygen atoms in total. The van der Waals surface area contributed by atoms with Crippen LogP contribution in [-0.4, -0.2) is 34.9 Å². The van der Waals surface area contributed by atoms with Crippen LogP contribution in [0.5, 0.6) is 0 Å². The highest BCUT2D eigenvalue weighted by Gasteiger charge is 2.31. The molecule has 0 fully saturated rings. The zero-order valence-electron chi connectivity index (χ0n) is 16.3. The van der Waals surface area contributed by atoms with Gasteiger partial charge >= 0.3 is 5.97 Å². The van der Waals surface area contributed by atoms with Gasteiger partial charge in [0, 0.05) is 6.42 Å². The highest BCUT2D eigenvalue weighted by Crippen LogP contribution is 2.31. The van der Waals surface area contributed by atoms with E-state index in [1.165, 1.54) is 7.11 Å². The van der Waals surface area contributed by atoms with Crippen LogP contribution in [0, 0.1) is 0 Å². The molecule has 0 spiro atoms. The molecule has 1 N–H and O–H groups in total. The van der Waals surface area contributed by atoms with E-state index in [1.807, 2.05) is 0 Å². The zero-order chi connectivity index (χ0) is 19.1. The molecule has 0 radical (unpaired) electrons. The Morgan fingerprint density at radius 3 is 2.20 bits per heavy atom. The summed E-state index contributed by atoms with van der Waals surface area (Å²) in [5.41, 5.74) is 0. The van der Waals surface area contributed by atoms with E-state index >= 15 is 0 Å². The van der Waals surface area contributed by atoms with Crippen LogP contribution in [0.2, 0.25) is 0 Å². The lowest BCUT2D eigenvalue weighted by Crippen LogP contribution is -2.30. The number of carbonyl (C=O) groups excluding carboxylic acids is 2. The van der Waals surface area contributed by atoms with E-state index in [1.54, 1.807) is 6.92 Å². The van der Waals surface area contributed by atoms with Crippen molar-refractivity contribution in [2.24, 2.45) is 0 Å². The van der Waals surface area contributed by atoms with Gasteiger partial charge in [0.25, 0.3) is 0 Å². The van der Waals surface area contributed by atoms with Crippen LogP contribution in [0.15, 0.2) is 0 Å². The molecule has 5 heteroatoms. The second kappa shape index (κ2) is 14.5. The summed E-state index contributed by atoms with van der Waals surface area (Å²) in [5.74, 6) is -0.155. The first-order chi connectivity index (χ1) is 11.9. The average molecular weight is 377 g/mol. The molecule has 2 atom stereocenters. The van der Waals surface area contributed by atoms with Gasteiger partial charge in [-0.25, -0.2) is 0 Å². The van der Waals surface area contributed by atoms with Gasteiger partial charge < -0.3 is 9.84 Å². The number of ketones is 1. The van der Waals surface area contributed by atoms with Crippen molar-refractivity contribution < 1.29 is 19.4 Å². The maximum atomic E-state index is 11.9. The van der Waals surface area contributed by atoms with Crippen molar-refractivity contribution in [3.8, 4) is 0 Å². The van der Waals surface area contributed by atoms with E-state index in [0.717, 1.165) is 57.8 Å². The number of carbonyl (C=O) groups is 2. The summed E-state index contributed by atoms with van der Waals surface area (Å²) in [6.07, 6.45) is 10.7. The zero-order valence-corrected chi connectivity index (χ0v) is 17.1. The molecule has 0 saturated heterocycles. The van der Waals surface area contributed by atoms with Crippen LogP contribution in [0.25, 0.3) is 0 Å². The lowest BCUT2D eigenvalue weighted by Gasteiger charge is -2.24. The maximum Gasteiger partial charge on any atom is 0.305 e. The summed E-state index contributed by atoms with van der Waals surface area (Å²) in [6, 6.07) is 0. The van der Waals surface area contributed by atoms with Crippen LogP contribution in [0.1, 0.15) is 97.3 Å². The fraction of sp³-hybridized carbons (Fsp3) is 0.900. The first-order valence-corrected chi connectivity index (χ1v) is 10.2. The Balaban J connectivity index is 3.99. The number of hydrogen-bond acceptors (Lipinski definition) is 4. The third-order valence-corrected chi connectivity index (χ3v) is 5.46. The maximum absolute atomic E-state index is 11.9. The number of hydrogen-bond donors (Lipinski definition) is 1. The van der Waals surface area contributed by atoms with E-state index < -0.39 is 4.87 Å². The smallest absolute Gasteiger partial charge is 0.305 e. The van der Waals surface area contributed by atoms with Gasteiger partial charge in [-0.2, -0.15) is 0 Å². The minimum atomic E-state index is -0.800. The summed E-state index contributed by atoms with van der Waals surface area (Å²) in [7, 11) is 1.40. The molecule has 0 aromatic heterocycles. The molecule has 25 heavy (non-hydrogen) atoms. The van der Waals surface area contributed by atoms with Crippen LogP contribution in [-0.2, 0) is 14.3 Å². The number of halogens is 1. The Morgan fingerprint density at radius 1 is 1.00 bits per heavy atom. The summed E-state index contributed by atoms with van der Waals surface area (Å²) < 4.78 is 4.61. The molecular formula is C20H37ClO4. The highest BCUT2D eigenvalue weighted by atomic mass is 35.5. The summed E-state index contributed by atoms with van der Waals surface area (Å²) in [5, 5.41) is 9.98. The number of ether oxygens (including phenoxy) is 1. The van der Waals surface area contributed by atoms with Gasteiger partial charge in [-0.05, 0) is 45.4 Å². The van der Waals surface area contributed by atoms with Crippen molar-refractivity contribution in [3.63, 3.8) is 0 Å². The number of rotatable bonds is 16. The van der Waals surface area contributed by atoms with Crippen LogP contribution in [0.3, 0.4) is 0 Å². The third kappa shape index (κ3) is 12.4. The van der Waals surface area contributed by atoms with Crippen molar-refractivity contribution in [1.82, 2.24) is 0 Å². The number of esters is 1. The molecule has 2 unspecified atom stereocenters. The summed E-state index contributed by atoms with van der Waals surface area (Å²) >= 11 is 6.56. The highest BCUT2D eigenvalue weighted by molar-refractivity contribution is 6.34. The third-order valence-electron chi connectivity index (χ3n) is 4.81. The summed E-state index contributed by atoms with van der Waals surface area (Å²) in [4.78, 5) is 22.2. The van der Waals surface area contributed by atoms with Crippen molar-refractivity contribution in [2.75, 3.05) is 7.11 Å². The van der Waals surface area contributed by atoms with Crippen molar-refractivity contribution >= 4 is 23.4 Å². The van der Waals surface area contributed by atoms with Crippen LogP contribution in [0.4, 0.5) is 0 Å². The molecule has 0 aliphatic rings. The minimum Gasteiger partial charge on any atom is -0.469 e. The molecule has 0 aliphatic heterocycles. The normalized spacial score (nSPS) is 14.8. The van der Waals surface area contributed by atoms with E-state index in [2.05, 4.69) is 11.7 Å². The van der Waals surface area contributed by atoms with Gasteiger partial charge in [-0.15, -0.1) is 11.6 Å². The van der Waals surface area contributed by atoms with E-state index in [-0.39, 0.29) is 17.9 Å². The summed E-state index contributed by atoms with van der Waals surface area (Å²) in [6.45, 7) is 3.71. The number of aliphatic hydroxyl groups excluding tert-OH is 1. The van der Waals surface area contributed by atoms with Gasteiger partial charge in [0.15, 0.2) is 5.78 Å². The van der Waals surface area contributed by atoms with Crippen LogP contribution < -0.4 is 0 Å². The molecule has 0 aliphatic carbocycles. The van der Waals surface area contributed by atoms with Crippen molar-refractivity contribution in [1.29, 1.82) is 0 Å². The number of aliphatic hydroxyl groups is 1.